The highest BCUT2D eigenvalue weighted by Crippen LogP contribution is 2.23. The Kier molecular flexibility index (Phi) is 4.79. The molecule has 0 saturated carbocycles. The maximum Gasteiger partial charge on any atom is 0.233 e. The van der Waals surface area contributed by atoms with Gasteiger partial charge in [-0.2, -0.15) is 0 Å². The Morgan fingerprint density at radius 2 is 2.05 bits per heavy atom. The van der Waals surface area contributed by atoms with Crippen LogP contribution in [0.15, 0.2) is 24.3 Å². The Morgan fingerprint density at radius 1 is 1.30 bits per heavy atom. The fourth-order valence-electron chi connectivity index (χ4n) is 2.51. The maximum atomic E-state index is 11.6. The highest BCUT2D eigenvalue weighted by atomic mass is 16.1. The summed E-state index contributed by atoms with van der Waals surface area (Å²) in [4.78, 5) is 11.6. The number of nitrogens with zero attached hydrogens (tertiary/aromatic N) is 1. The van der Waals surface area contributed by atoms with Crippen LogP contribution in [0.25, 0.3) is 10.9 Å². The Morgan fingerprint density at radius 3 is 2.75 bits per heavy atom. The van der Waals surface area contributed by atoms with Gasteiger partial charge in [0.2, 0.25) is 5.91 Å². The van der Waals surface area contributed by atoms with Gasteiger partial charge in [-0.1, -0.05) is 25.1 Å². The summed E-state index contributed by atoms with van der Waals surface area (Å²) in [6, 6.07) is 8.38. The molecule has 0 atom stereocenters. The minimum Gasteiger partial charge on any atom is -0.355 e. The number of fused-ring (bicyclic) bond motifs is 1. The summed E-state index contributed by atoms with van der Waals surface area (Å²) in [5, 5.41) is 7.37. The highest BCUT2D eigenvalue weighted by Gasteiger charge is 2.10. The van der Waals surface area contributed by atoms with Crippen molar-refractivity contribution in [1.29, 1.82) is 0 Å². The van der Waals surface area contributed by atoms with Crippen molar-refractivity contribution in [2.75, 3.05) is 13.1 Å². The molecule has 108 valence electrons. The van der Waals surface area contributed by atoms with Gasteiger partial charge in [0.25, 0.3) is 0 Å². The number of nitrogens with one attached hydrogen (secondary N) is 2. The Balaban J connectivity index is 2.02. The topological polar surface area (TPSA) is 46.1 Å². The molecular weight excluding hydrogens is 250 g/mol. The molecular formula is C16H23N3O. The number of aromatic nitrogens is 1. The van der Waals surface area contributed by atoms with E-state index in [1.807, 2.05) is 6.92 Å². The van der Waals surface area contributed by atoms with Crippen molar-refractivity contribution in [3.05, 3.63) is 35.5 Å². The van der Waals surface area contributed by atoms with Crippen LogP contribution in [-0.2, 0) is 18.4 Å². The van der Waals surface area contributed by atoms with Gasteiger partial charge in [0, 0.05) is 36.7 Å². The van der Waals surface area contributed by atoms with Crippen molar-refractivity contribution in [2.24, 2.45) is 7.05 Å². The molecule has 0 aliphatic carbocycles. The zero-order valence-corrected chi connectivity index (χ0v) is 12.5. The van der Waals surface area contributed by atoms with E-state index in [9.17, 15) is 4.79 Å². The molecule has 0 aliphatic heterocycles. The van der Waals surface area contributed by atoms with Gasteiger partial charge in [-0.15, -0.1) is 0 Å². The van der Waals surface area contributed by atoms with Crippen LogP contribution in [0.4, 0.5) is 0 Å². The molecule has 4 nitrogen and oxygen atoms in total. The van der Waals surface area contributed by atoms with Gasteiger partial charge in [0.15, 0.2) is 0 Å². The van der Waals surface area contributed by atoms with E-state index in [2.05, 4.69) is 53.4 Å². The molecule has 2 N–H and O–H groups in total. The van der Waals surface area contributed by atoms with E-state index in [1.165, 1.54) is 22.2 Å². The van der Waals surface area contributed by atoms with Crippen LogP contribution in [0.5, 0.6) is 0 Å². The molecule has 4 heteroatoms. The van der Waals surface area contributed by atoms with E-state index < -0.39 is 0 Å². The SMILES string of the molecule is CCCNC(=O)CNCc1c(C)c2ccccc2n1C. The summed E-state index contributed by atoms with van der Waals surface area (Å²) in [6.07, 6.45) is 0.966. The van der Waals surface area contributed by atoms with Crippen molar-refractivity contribution in [3.63, 3.8) is 0 Å². The maximum absolute atomic E-state index is 11.6. The van der Waals surface area contributed by atoms with E-state index >= 15 is 0 Å². The minimum atomic E-state index is 0.0586. The first-order valence-electron chi connectivity index (χ1n) is 7.15. The molecule has 0 aliphatic rings. The van der Waals surface area contributed by atoms with Crippen molar-refractivity contribution < 1.29 is 4.79 Å². The molecule has 20 heavy (non-hydrogen) atoms. The van der Waals surface area contributed by atoms with Gasteiger partial charge < -0.3 is 15.2 Å². The van der Waals surface area contributed by atoms with Gasteiger partial charge >= 0.3 is 0 Å². The fourth-order valence-corrected chi connectivity index (χ4v) is 2.51. The quantitative estimate of drug-likeness (QED) is 0.846. The zero-order chi connectivity index (χ0) is 14.5. The van der Waals surface area contributed by atoms with Crippen LogP contribution in [-0.4, -0.2) is 23.6 Å². The smallest absolute Gasteiger partial charge is 0.233 e. The first kappa shape index (κ1) is 14.6. The number of benzene rings is 1. The molecule has 2 rings (SSSR count). The predicted octanol–water partition coefficient (Wildman–Crippen LogP) is 2.10. The van der Waals surface area contributed by atoms with Gasteiger partial charge in [-0.25, -0.2) is 0 Å². The number of aryl methyl sites for hydroxylation is 2. The molecule has 1 aromatic heterocycles. The molecule has 0 bridgehead atoms. The predicted molar refractivity (Wildman–Crippen MR) is 82.7 cm³/mol. The number of hydrogen-bond acceptors (Lipinski definition) is 2. The molecule has 1 heterocycles. The molecule has 0 unspecified atom stereocenters. The number of rotatable bonds is 6. The van der Waals surface area contributed by atoms with Crippen LogP contribution in [0.2, 0.25) is 0 Å². The lowest BCUT2D eigenvalue weighted by molar-refractivity contribution is -0.120. The van der Waals surface area contributed by atoms with Crippen molar-refractivity contribution in [2.45, 2.75) is 26.8 Å². The number of carbonyl (C=O) groups is 1. The van der Waals surface area contributed by atoms with E-state index in [4.69, 9.17) is 0 Å². The fraction of sp³-hybridized carbons (Fsp3) is 0.438. The van der Waals surface area contributed by atoms with Crippen LogP contribution in [0.1, 0.15) is 24.6 Å². The molecule has 0 saturated heterocycles. The van der Waals surface area contributed by atoms with Gasteiger partial charge in [-0.3, -0.25) is 4.79 Å². The summed E-state index contributed by atoms with van der Waals surface area (Å²) in [5.41, 5.74) is 3.75. The van der Waals surface area contributed by atoms with Gasteiger partial charge in [0.05, 0.1) is 6.54 Å². The minimum absolute atomic E-state index is 0.0586. The summed E-state index contributed by atoms with van der Waals surface area (Å²) < 4.78 is 2.20. The number of para-hydroxylation sites is 1. The summed E-state index contributed by atoms with van der Waals surface area (Å²) >= 11 is 0. The average molecular weight is 273 g/mol. The second-order valence-corrected chi connectivity index (χ2v) is 5.10. The van der Waals surface area contributed by atoms with E-state index in [1.54, 1.807) is 0 Å². The van der Waals surface area contributed by atoms with E-state index in [-0.39, 0.29) is 5.91 Å². The largest absolute Gasteiger partial charge is 0.355 e. The van der Waals surface area contributed by atoms with E-state index in [0.29, 0.717) is 13.1 Å². The zero-order valence-electron chi connectivity index (χ0n) is 12.5. The molecule has 1 aromatic carbocycles. The first-order chi connectivity index (χ1) is 9.65. The monoisotopic (exact) mass is 273 g/mol. The lowest BCUT2D eigenvalue weighted by Crippen LogP contribution is -2.34. The van der Waals surface area contributed by atoms with E-state index in [0.717, 1.165) is 13.0 Å². The van der Waals surface area contributed by atoms with Crippen LogP contribution >= 0.6 is 0 Å². The summed E-state index contributed by atoms with van der Waals surface area (Å²) in [5.74, 6) is 0.0586. The van der Waals surface area contributed by atoms with Crippen LogP contribution in [0.3, 0.4) is 0 Å². The first-order valence-corrected chi connectivity index (χ1v) is 7.15. The molecule has 1 amide bonds. The second-order valence-electron chi connectivity index (χ2n) is 5.10. The lowest BCUT2D eigenvalue weighted by atomic mass is 10.1. The Bertz CT molecular complexity index is 562. The van der Waals surface area contributed by atoms with Crippen molar-refractivity contribution >= 4 is 16.8 Å². The summed E-state index contributed by atoms with van der Waals surface area (Å²) in [7, 11) is 2.07. The van der Waals surface area contributed by atoms with Crippen molar-refractivity contribution in [1.82, 2.24) is 15.2 Å². The molecule has 2 aromatic rings. The number of amides is 1. The van der Waals surface area contributed by atoms with Crippen LogP contribution < -0.4 is 10.6 Å². The summed E-state index contributed by atoms with van der Waals surface area (Å²) in [6.45, 7) is 5.99. The van der Waals surface area contributed by atoms with Crippen LogP contribution in [0, 0.1) is 6.92 Å². The number of carbonyl (C=O) groups excluding carboxylic acids is 1. The third kappa shape index (κ3) is 3.02. The van der Waals surface area contributed by atoms with Gasteiger partial charge in [0.1, 0.15) is 0 Å². The standard InChI is InChI=1S/C16H23N3O/c1-4-9-18-16(20)11-17-10-15-12(2)13-7-5-6-8-14(13)19(15)3/h5-8,17H,4,9-11H2,1-3H3,(H,18,20). The normalized spacial score (nSPS) is 10.9. The number of hydrogen-bond donors (Lipinski definition) is 2. The van der Waals surface area contributed by atoms with Gasteiger partial charge in [-0.05, 0) is 25.0 Å². The molecule has 0 radical (unpaired) electrons. The van der Waals surface area contributed by atoms with Crippen molar-refractivity contribution in [3.8, 4) is 0 Å². The second kappa shape index (κ2) is 6.57. The Hall–Kier alpha value is -1.81. The molecule has 0 fully saturated rings. The third-order valence-electron chi connectivity index (χ3n) is 3.66. The average Bonchev–Trinajstić information content (AvgIpc) is 2.70. The highest BCUT2D eigenvalue weighted by molar-refractivity contribution is 5.85. The third-order valence-corrected chi connectivity index (χ3v) is 3.66. The lowest BCUT2D eigenvalue weighted by Gasteiger charge is -2.08. The molecule has 0 spiro atoms. The Labute approximate surface area is 120 Å².